The van der Waals surface area contributed by atoms with E-state index in [0.717, 1.165) is 48.4 Å². The molecule has 3 heterocycles. The fourth-order valence-electron chi connectivity index (χ4n) is 4.24. The fourth-order valence-corrected chi connectivity index (χ4v) is 5.53. The highest BCUT2D eigenvalue weighted by Gasteiger charge is 2.26. The lowest BCUT2D eigenvalue weighted by Gasteiger charge is -2.23. The lowest BCUT2D eigenvalue weighted by Crippen LogP contribution is -2.30. The van der Waals surface area contributed by atoms with Crippen LogP contribution in [0.15, 0.2) is 0 Å². The minimum atomic E-state index is 0.278. The minimum Gasteiger partial charge on any atom is -0.396 e. The molecule has 2 aromatic heterocycles. The number of thiophene rings is 1. The first-order valence-corrected chi connectivity index (χ1v) is 9.99. The van der Waals surface area contributed by atoms with Crippen molar-refractivity contribution in [1.82, 2.24) is 14.9 Å². The second-order valence-corrected chi connectivity index (χ2v) is 8.13. The third-order valence-electron chi connectivity index (χ3n) is 5.43. The van der Waals surface area contributed by atoms with Crippen molar-refractivity contribution in [1.29, 1.82) is 0 Å². The summed E-state index contributed by atoms with van der Waals surface area (Å²) in [4.78, 5) is 14.5. The zero-order valence-electron chi connectivity index (χ0n) is 14.1. The van der Waals surface area contributed by atoms with E-state index >= 15 is 0 Å². The van der Waals surface area contributed by atoms with Crippen LogP contribution < -0.4 is 5.73 Å². The number of rotatable bonds is 5. The van der Waals surface area contributed by atoms with Gasteiger partial charge < -0.3 is 10.8 Å². The molecule has 1 fully saturated rings. The molecule has 1 unspecified atom stereocenters. The van der Waals surface area contributed by atoms with E-state index in [-0.39, 0.29) is 6.61 Å². The third-order valence-corrected chi connectivity index (χ3v) is 6.61. The van der Waals surface area contributed by atoms with Crippen LogP contribution in [-0.4, -0.2) is 39.2 Å². The summed E-state index contributed by atoms with van der Waals surface area (Å²) in [7, 11) is 0. The Hall–Kier alpha value is -1.24. The van der Waals surface area contributed by atoms with E-state index in [1.165, 1.54) is 42.5 Å². The maximum atomic E-state index is 9.08. The first-order chi connectivity index (χ1) is 11.8. The molecule has 1 aliphatic carbocycles. The quantitative estimate of drug-likeness (QED) is 0.871. The topological polar surface area (TPSA) is 75.3 Å². The number of fused-ring (bicyclic) bond motifs is 3. The predicted molar refractivity (Wildman–Crippen MR) is 98.2 cm³/mol. The van der Waals surface area contributed by atoms with Gasteiger partial charge >= 0.3 is 0 Å². The number of aliphatic hydroxyl groups excluding tert-OH is 1. The molecule has 0 amide bonds. The highest BCUT2D eigenvalue weighted by Crippen LogP contribution is 2.37. The van der Waals surface area contributed by atoms with Crippen LogP contribution in [-0.2, 0) is 19.4 Å². The molecule has 1 aliphatic heterocycles. The molecule has 0 saturated carbocycles. The zero-order valence-corrected chi connectivity index (χ0v) is 14.9. The van der Waals surface area contributed by atoms with Crippen LogP contribution >= 0.6 is 11.3 Å². The molecular formula is C18H26N4OS. The second kappa shape index (κ2) is 6.94. The van der Waals surface area contributed by atoms with Crippen LogP contribution in [0.3, 0.4) is 0 Å². The molecule has 0 radical (unpaired) electrons. The summed E-state index contributed by atoms with van der Waals surface area (Å²) in [5, 5.41) is 10.2. The Morgan fingerprint density at radius 3 is 2.96 bits per heavy atom. The van der Waals surface area contributed by atoms with Crippen LogP contribution in [0.25, 0.3) is 10.2 Å². The molecule has 5 nitrogen and oxygen atoms in total. The fraction of sp³-hybridized carbons (Fsp3) is 0.667. The van der Waals surface area contributed by atoms with E-state index in [4.69, 9.17) is 15.8 Å². The van der Waals surface area contributed by atoms with Gasteiger partial charge in [-0.2, -0.15) is 0 Å². The van der Waals surface area contributed by atoms with Gasteiger partial charge in [0.05, 0.1) is 11.9 Å². The van der Waals surface area contributed by atoms with E-state index in [2.05, 4.69) is 9.88 Å². The second-order valence-electron chi connectivity index (χ2n) is 7.05. The molecule has 130 valence electrons. The standard InChI is InChI=1S/C18H26N4OS/c19-17-16-13-7-1-2-8-14(13)24-18(16)21-15(20-17)11-22-9-3-5-12(22)6-4-10-23/h12,23H,1-11H2,(H2,19,20,21). The van der Waals surface area contributed by atoms with E-state index in [1.807, 2.05) is 11.3 Å². The largest absolute Gasteiger partial charge is 0.396 e. The summed E-state index contributed by atoms with van der Waals surface area (Å²) in [6.45, 7) is 2.15. The molecule has 6 heteroatoms. The Bertz CT molecular complexity index is 729. The average molecular weight is 347 g/mol. The average Bonchev–Trinajstić information content (AvgIpc) is 3.16. The van der Waals surface area contributed by atoms with Gasteiger partial charge in [-0.15, -0.1) is 11.3 Å². The number of nitrogens with two attached hydrogens (primary N) is 1. The smallest absolute Gasteiger partial charge is 0.146 e. The minimum absolute atomic E-state index is 0.278. The molecule has 2 aliphatic rings. The zero-order chi connectivity index (χ0) is 16.5. The summed E-state index contributed by atoms with van der Waals surface area (Å²) in [5.74, 6) is 1.52. The van der Waals surface area contributed by atoms with Gasteiger partial charge in [-0.1, -0.05) is 0 Å². The number of nitrogen functional groups attached to an aromatic ring is 1. The van der Waals surface area contributed by atoms with Crippen LogP contribution in [0.4, 0.5) is 5.82 Å². The van der Waals surface area contributed by atoms with Crippen molar-refractivity contribution >= 4 is 27.4 Å². The number of anilines is 1. The lowest BCUT2D eigenvalue weighted by atomic mass is 9.97. The van der Waals surface area contributed by atoms with E-state index in [1.54, 1.807) is 0 Å². The molecule has 1 saturated heterocycles. The van der Waals surface area contributed by atoms with Crippen molar-refractivity contribution in [2.45, 2.75) is 64.0 Å². The Labute approximate surface area is 146 Å². The predicted octanol–water partition coefficient (Wildman–Crippen LogP) is 2.89. The number of aromatic nitrogens is 2. The maximum Gasteiger partial charge on any atom is 0.146 e. The molecule has 0 bridgehead atoms. The van der Waals surface area contributed by atoms with Gasteiger partial charge in [0.1, 0.15) is 16.5 Å². The van der Waals surface area contributed by atoms with E-state index < -0.39 is 0 Å². The molecular weight excluding hydrogens is 320 g/mol. The Kier molecular flexibility index (Phi) is 4.70. The highest BCUT2D eigenvalue weighted by atomic mass is 32.1. The highest BCUT2D eigenvalue weighted by molar-refractivity contribution is 7.19. The van der Waals surface area contributed by atoms with Gasteiger partial charge in [-0.05, 0) is 63.5 Å². The SMILES string of the molecule is Nc1nc(CN2CCCC2CCCO)nc2sc3c(c12)CCCC3. The Morgan fingerprint density at radius 2 is 2.08 bits per heavy atom. The van der Waals surface area contributed by atoms with Crippen molar-refractivity contribution in [3.63, 3.8) is 0 Å². The summed E-state index contributed by atoms with van der Waals surface area (Å²) < 4.78 is 0. The van der Waals surface area contributed by atoms with Crippen LogP contribution in [0.2, 0.25) is 0 Å². The van der Waals surface area contributed by atoms with Gasteiger partial charge in [0.25, 0.3) is 0 Å². The van der Waals surface area contributed by atoms with Crippen LogP contribution in [0, 0.1) is 0 Å². The molecule has 4 rings (SSSR count). The number of hydrogen-bond donors (Lipinski definition) is 2. The monoisotopic (exact) mass is 346 g/mol. The molecule has 1 atom stereocenters. The van der Waals surface area contributed by atoms with Crippen molar-refractivity contribution in [3.8, 4) is 0 Å². The lowest BCUT2D eigenvalue weighted by molar-refractivity contribution is 0.206. The molecule has 0 aromatic carbocycles. The van der Waals surface area contributed by atoms with Gasteiger partial charge in [-0.25, -0.2) is 9.97 Å². The summed E-state index contributed by atoms with van der Waals surface area (Å²) >= 11 is 1.82. The van der Waals surface area contributed by atoms with Crippen LogP contribution in [0.5, 0.6) is 0 Å². The van der Waals surface area contributed by atoms with Crippen molar-refractivity contribution in [3.05, 3.63) is 16.3 Å². The van der Waals surface area contributed by atoms with Crippen molar-refractivity contribution in [2.24, 2.45) is 0 Å². The number of hydrogen-bond acceptors (Lipinski definition) is 6. The number of nitrogens with zero attached hydrogens (tertiary/aromatic N) is 3. The number of likely N-dealkylation sites (tertiary alicyclic amines) is 1. The van der Waals surface area contributed by atoms with Crippen molar-refractivity contribution in [2.75, 3.05) is 18.9 Å². The molecule has 3 N–H and O–H groups in total. The first kappa shape index (κ1) is 16.2. The maximum absolute atomic E-state index is 9.08. The summed E-state index contributed by atoms with van der Waals surface area (Å²) in [5.41, 5.74) is 7.73. The van der Waals surface area contributed by atoms with Crippen LogP contribution in [0.1, 0.15) is 54.8 Å². The van der Waals surface area contributed by atoms with Crippen molar-refractivity contribution < 1.29 is 5.11 Å². The molecule has 2 aromatic rings. The van der Waals surface area contributed by atoms with E-state index in [0.29, 0.717) is 11.9 Å². The number of aryl methyl sites for hydroxylation is 2. The summed E-state index contributed by atoms with van der Waals surface area (Å²) in [6, 6.07) is 0.550. The van der Waals surface area contributed by atoms with E-state index in [9.17, 15) is 0 Å². The van der Waals surface area contributed by atoms with Gasteiger partial charge in [0.15, 0.2) is 0 Å². The summed E-state index contributed by atoms with van der Waals surface area (Å²) in [6.07, 6.45) is 9.19. The Balaban J connectivity index is 1.58. The van der Waals surface area contributed by atoms with Gasteiger partial charge in [-0.3, -0.25) is 4.90 Å². The number of aliphatic hydroxyl groups is 1. The Morgan fingerprint density at radius 1 is 1.21 bits per heavy atom. The normalized spacial score (nSPS) is 21.5. The molecule has 24 heavy (non-hydrogen) atoms. The third kappa shape index (κ3) is 3.03. The van der Waals surface area contributed by atoms with Gasteiger partial charge in [0, 0.05) is 17.5 Å². The van der Waals surface area contributed by atoms with Gasteiger partial charge in [0.2, 0.25) is 0 Å². The molecule has 0 spiro atoms. The first-order valence-electron chi connectivity index (χ1n) is 9.18.